The minimum Gasteiger partial charge on any atom is -0.485 e. The number of carbonyl (C=O) groups is 3. The summed E-state index contributed by atoms with van der Waals surface area (Å²) in [6, 6.07) is 3.85. The van der Waals surface area contributed by atoms with Crippen molar-refractivity contribution in [1.29, 1.82) is 0 Å². The zero-order valence-electron chi connectivity index (χ0n) is 26.9. The molecule has 2 fully saturated rings. The predicted octanol–water partition coefficient (Wildman–Crippen LogP) is 5.05. The van der Waals surface area contributed by atoms with Crippen LogP contribution in [0.4, 0.5) is 0 Å². The largest absolute Gasteiger partial charge is 0.485 e. The summed E-state index contributed by atoms with van der Waals surface area (Å²) in [5.74, 6) is -1.000. The number of amides is 2. The molecule has 43 heavy (non-hydrogen) atoms. The first kappa shape index (κ1) is 34.4. The molecular formula is C32H50N4O7. The van der Waals surface area contributed by atoms with Crippen molar-refractivity contribution in [2.45, 2.75) is 123 Å². The number of carbonyl (C=O) groups excluding carboxylic acids is 3. The number of hydrogen-bond acceptors (Lipinski definition) is 10. The monoisotopic (exact) mass is 602 g/mol. The van der Waals surface area contributed by atoms with Gasteiger partial charge in [0, 0.05) is 12.8 Å². The Morgan fingerprint density at radius 1 is 1.12 bits per heavy atom. The summed E-state index contributed by atoms with van der Waals surface area (Å²) in [6.45, 7) is 13.9. The lowest BCUT2D eigenvalue weighted by Gasteiger charge is -2.65. The smallest absolute Gasteiger partial charge is 0.370 e. The van der Waals surface area contributed by atoms with Gasteiger partial charge in [0.25, 0.3) is 11.8 Å². The lowest BCUT2D eigenvalue weighted by atomic mass is 9.48. The maximum Gasteiger partial charge on any atom is 0.370 e. The third-order valence-corrected chi connectivity index (χ3v) is 9.70. The molecular weight excluding hydrogens is 552 g/mol. The molecule has 0 aromatic heterocycles. The molecule has 2 aliphatic heterocycles. The third-order valence-electron chi connectivity index (χ3n) is 9.70. The van der Waals surface area contributed by atoms with Crippen molar-refractivity contribution in [3.05, 3.63) is 28.2 Å². The quantitative estimate of drug-likeness (QED) is 0.200. The summed E-state index contributed by atoms with van der Waals surface area (Å²) in [4.78, 5) is 52.7. The van der Waals surface area contributed by atoms with Crippen molar-refractivity contribution in [1.82, 2.24) is 5.06 Å². The van der Waals surface area contributed by atoms with Gasteiger partial charge in [-0.2, -0.15) is 4.91 Å². The second kappa shape index (κ2) is 13.3. The van der Waals surface area contributed by atoms with Crippen molar-refractivity contribution in [3.63, 3.8) is 0 Å². The van der Waals surface area contributed by atoms with E-state index in [1.165, 1.54) is 0 Å². The molecule has 0 radical (unpaired) electrons. The highest BCUT2D eigenvalue weighted by atomic mass is 16.7. The number of fused-ring (bicyclic) bond motifs is 3. The van der Waals surface area contributed by atoms with Crippen LogP contribution in [-0.2, 0) is 31.2 Å². The Bertz CT molecular complexity index is 1200. The number of benzene rings is 1. The SMILES string of the molecule is CC.CCCCCc1cc(OCC(=O)ON2C(=O)CCC2=O)c2c(c1)OC(C)(C)[C@]1(N)CC(C)C(C)(CCN=O)C[C@@]21N. The number of nitroso groups, excluding NO2 is 1. The Morgan fingerprint density at radius 2 is 1.77 bits per heavy atom. The number of aryl methyl sites for hydroxylation is 1. The first-order chi connectivity index (χ1) is 20.2. The van der Waals surface area contributed by atoms with Crippen LogP contribution in [0.3, 0.4) is 0 Å². The Balaban J connectivity index is 0.00000248. The minimum absolute atomic E-state index is 0.00149. The molecule has 1 aromatic rings. The van der Waals surface area contributed by atoms with Crippen molar-refractivity contribution in [3.8, 4) is 11.5 Å². The highest BCUT2D eigenvalue weighted by Crippen LogP contribution is 2.62. The van der Waals surface area contributed by atoms with Gasteiger partial charge in [-0.15, -0.1) is 5.06 Å². The van der Waals surface area contributed by atoms with Crippen LogP contribution in [0.15, 0.2) is 17.3 Å². The standard InChI is InChI=1S/C30H44N4O7.C2H6/c1-6-7-8-9-20-14-21(39-17-25(37)41-34-23(35)10-11-24(34)36)26-22(15-20)40-27(3,4)30(32)16-19(2)28(5,12-13-33-38)18-29(26,30)31;1-2/h14-15,19H,6-13,16-18,31-32H2,1-5H3;1-2H3/t19?,28?,29-,30-;/m1./s1. The molecule has 4 rings (SSSR count). The van der Waals surface area contributed by atoms with Gasteiger partial charge in [-0.1, -0.05) is 52.6 Å². The molecule has 1 saturated carbocycles. The van der Waals surface area contributed by atoms with E-state index in [2.05, 4.69) is 25.9 Å². The van der Waals surface area contributed by atoms with E-state index in [0.717, 1.165) is 31.2 Å². The van der Waals surface area contributed by atoms with Crippen molar-refractivity contribution in [2.24, 2.45) is 28.0 Å². The maximum absolute atomic E-state index is 12.7. The summed E-state index contributed by atoms with van der Waals surface area (Å²) in [7, 11) is 0. The van der Waals surface area contributed by atoms with Crippen LogP contribution in [0.1, 0.15) is 111 Å². The van der Waals surface area contributed by atoms with Gasteiger partial charge in [0.1, 0.15) is 17.1 Å². The summed E-state index contributed by atoms with van der Waals surface area (Å²) in [6.07, 6.45) is 5.37. The van der Waals surface area contributed by atoms with E-state index in [9.17, 15) is 19.3 Å². The van der Waals surface area contributed by atoms with E-state index >= 15 is 0 Å². The Kier molecular flexibility index (Phi) is 10.7. The van der Waals surface area contributed by atoms with Gasteiger partial charge in [0.2, 0.25) is 0 Å². The van der Waals surface area contributed by atoms with Gasteiger partial charge >= 0.3 is 5.97 Å². The molecule has 4 N–H and O–H groups in total. The number of unbranched alkanes of at least 4 members (excludes halogenated alkanes) is 2. The van der Waals surface area contributed by atoms with Gasteiger partial charge in [0.15, 0.2) is 6.61 Å². The molecule has 2 unspecified atom stereocenters. The van der Waals surface area contributed by atoms with E-state index in [0.29, 0.717) is 41.4 Å². The highest BCUT2D eigenvalue weighted by molar-refractivity contribution is 6.01. The maximum atomic E-state index is 12.7. The highest BCUT2D eigenvalue weighted by Gasteiger charge is 2.67. The number of hydroxylamine groups is 2. The molecule has 11 heteroatoms. The zero-order valence-corrected chi connectivity index (χ0v) is 26.9. The van der Waals surface area contributed by atoms with E-state index < -0.39 is 41.1 Å². The van der Waals surface area contributed by atoms with Crippen LogP contribution in [-0.4, -0.2) is 47.1 Å². The summed E-state index contributed by atoms with van der Waals surface area (Å²) >= 11 is 0. The third kappa shape index (κ3) is 6.43. The lowest BCUT2D eigenvalue weighted by molar-refractivity contribution is -0.198. The molecule has 1 saturated heterocycles. The molecule has 11 nitrogen and oxygen atoms in total. The molecule has 0 bridgehead atoms. The van der Waals surface area contributed by atoms with Crippen LogP contribution < -0.4 is 20.9 Å². The van der Waals surface area contributed by atoms with E-state index in [4.69, 9.17) is 25.8 Å². The minimum atomic E-state index is -1.14. The van der Waals surface area contributed by atoms with Crippen molar-refractivity contribution < 1.29 is 28.7 Å². The Morgan fingerprint density at radius 3 is 2.37 bits per heavy atom. The summed E-state index contributed by atoms with van der Waals surface area (Å²) < 4.78 is 12.7. The van der Waals surface area contributed by atoms with Crippen LogP contribution >= 0.6 is 0 Å². The fraction of sp³-hybridized carbons (Fsp3) is 0.719. The van der Waals surface area contributed by atoms with E-state index in [1.54, 1.807) is 0 Å². The Hall–Kier alpha value is -3.05. The number of hydrogen-bond donors (Lipinski definition) is 2. The molecule has 1 aliphatic carbocycles. The molecule has 1 aromatic carbocycles. The first-order valence-electron chi connectivity index (χ1n) is 15.6. The van der Waals surface area contributed by atoms with Crippen LogP contribution in [0.25, 0.3) is 0 Å². The fourth-order valence-electron chi connectivity index (χ4n) is 6.90. The predicted molar refractivity (Wildman–Crippen MR) is 163 cm³/mol. The van der Waals surface area contributed by atoms with Gasteiger partial charge in [-0.05, 0) is 75.0 Å². The van der Waals surface area contributed by atoms with Crippen molar-refractivity contribution >= 4 is 17.8 Å². The van der Waals surface area contributed by atoms with Gasteiger partial charge in [0.05, 0.1) is 23.2 Å². The second-order valence-corrected chi connectivity index (χ2v) is 12.9. The molecule has 240 valence electrons. The van der Waals surface area contributed by atoms with Gasteiger partial charge < -0.3 is 25.8 Å². The fourth-order valence-corrected chi connectivity index (χ4v) is 6.90. The zero-order chi connectivity index (χ0) is 32.2. The van der Waals surface area contributed by atoms with Crippen LogP contribution in [0.5, 0.6) is 11.5 Å². The summed E-state index contributed by atoms with van der Waals surface area (Å²) in [5.41, 5.74) is 12.9. The number of nitrogens with zero attached hydrogens (tertiary/aromatic N) is 2. The molecule has 0 spiro atoms. The lowest BCUT2D eigenvalue weighted by Crippen LogP contribution is -2.80. The van der Waals surface area contributed by atoms with Gasteiger partial charge in [-0.25, -0.2) is 4.79 Å². The average Bonchev–Trinajstić information content (AvgIpc) is 3.26. The Labute approximate surface area is 255 Å². The molecule has 2 amide bonds. The number of imide groups is 1. The van der Waals surface area contributed by atoms with E-state index in [-0.39, 0.29) is 30.7 Å². The van der Waals surface area contributed by atoms with Gasteiger partial charge in [-0.3, -0.25) is 9.59 Å². The van der Waals surface area contributed by atoms with Crippen LogP contribution in [0.2, 0.25) is 0 Å². The van der Waals surface area contributed by atoms with Crippen molar-refractivity contribution in [2.75, 3.05) is 13.2 Å². The average molecular weight is 603 g/mol. The number of rotatable bonds is 11. The summed E-state index contributed by atoms with van der Waals surface area (Å²) in [5, 5.41) is 3.62. The molecule has 4 atom stereocenters. The topological polar surface area (TPSA) is 164 Å². The second-order valence-electron chi connectivity index (χ2n) is 12.9. The molecule has 3 aliphatic rings. The van der Waals surface area contributed by atoms with Crippen LogP contribution in [0, 0.1) is 16.2 Å². The first-order valence-corrected chi connectivity index (χ1v) is 15.6. The normalized spacial score (nSPS) is 29.0. The number of nitrogens with two attached hydrogens (primary N) is 2. The van der Waals surface area contributed by atoms with E-state index in [1.807, 2.05) is 39.8 Å². The number of ether oxygens (including phenoxy) is 2. The molecule has 2 heterocycles.